The molecule has 78 valence electrons. The van der Waals surface area contributed by atoms with Gasteiger partial charge in [-0.3, -0.25) is 4.79 Å². The van der Waals surface area contributed by atoms with Gasteiger partial charge < -0.3 is 16.0 Å². The summed E-state index contributed by atoms with van der Waals surface area (Å²) < 4.78 is -0.647. The number of nitrogens with two attached hydrogens (primary N) is 1. The molecule has 7 nitrogen and oxygen atoms in total. The smallest absolute Gasteiger partial charge is 0.321 e. The molecule has 0 bridgehead atoms. The van der Waals surface area contributed by atoms with Crippen LogP contribution >= 0.6 is 12.6 Å². The van der Waals surface area contributed by atoms with Gasteiger partial charge in [0.1, 0.15) is 6.04 Å². The predicted molar refractivity (Wildman–Crippen MR) is 47.5 cm³/mol. The molecule has 0 aliphatic carbocycles. The number of hydrogen-bond donors (Lipinski definition) is 4. The van der Waals surface area contributed by atoms with Crippen LogP contribution in [0.2, 0.25) is 0 Å². The Morgan fingerprint density at radius 1 is 1.69 bits per heavy atom. The Morgan fingerprint density at radius 2 is 1.92 bits per heavy atom. The molecule has 0 aliphatic heterocycles. The molecule has 4 N–H and O–H groups in total. The van der Waals surface area contributed by atoms with Crippen LogP contribution in [-0.4, -0.2) is 32.2 Å². The number of thiol groups is 1. The molecule has 0 saturated heterocycles. The summed E-state index contributed by atoms with van der Waals surface area (Å²) in [7, 11) is 0. The van der Waals surface area contributed by atoms with Crippen molar-refractivity contribution >= 4 is 18.6 Å². The minimum atomic E-state index is -1.50. The Morgan fingerprint density at radius 3 is 1.92 bits per heavy atom. The van der Waals surface area contributed by atoms with Crippen LogP contribution in [0.3, 0.4) is 0 Å². The Kier molecular flexibility index (Phi) is 6.24. The number of carboxylic acid groups (broad SMARTS) is 1. The van der Waals surface area contributed by atoms with Crippen LogP contribution in [0.15, 0.2) is 0 Å². The van der Waals surface area contributed by atoms with Crippen molar-refractivity contribution in [2.75, 3.05) is 0 Å². The van der Waals surface area contributed by atoms with Crippen molar-refractivity contribution < 1.29 is 20.2 Å². The molecule has 0 unspecified atom stereocenters. The van der Waals surface area contributed by atoms with Gasteiger partial charge in [-0.15, -0.1) is 10.1 Å². The van der Waals surface area contributed by atoms with Gasteiger partial charge in [0.15, 0.2) is 0 Å². The Balaban J connectivity index is 0. The summed E-state index contributed by atoms with van der Waals surface area (Å²) in [6.45, 7) is 3.32. The van der Waals surface area contributed by atoms with Gasteiger partial charge in [0.05, 0.1) is 0 Å². The lowest BCUT2D eigenvalue weighted by molar-refractivity contribution is -0.742. The maximum atomic E-state index is 10.2. The third-order valence-electron chi connectivity index (χ3n) is 1.03. The van der Waals surface area contributed by atoms with Crippen molar-refractivity contribution in [2.24, 2.45) is 5.73 Å². The summed E-state index contributed by atoms with van der Waals surface area (Å²) in [5.74, 6) is -1.02. The van der Waals surface area contributed by atoms with E-state index in [2.05, 4.69) is 12.6 Å². The SMILES string of the molecule is CC(C)(S)[C@H](N)C(=O)O.O=[N+]([O-])O. The monoisotopic (exact) mass is 212 g/mol. The first-order chi connectivity index (χ1) is 5.59. The quantitative estimate of drug-likeness (QED) is 0.284. The zero-order valence-electron chi connectivity index (χ0n) is 7.17. The highest BCUT2D eigenvalue weighted by Gasteiger charge is 2.27. The topological polar surface area (TPSA) is 127 Å². The highest BCUT2D eigenvalue weighted by Crippen LogP contribution is 2.15. The van der Waals surface area contributed by atoms with E-state index in [1.165, 1.54) is 0 Å². The molecule has 0 amide bonds. The molecule has 0 aromatic carbocycles. The highest BCUT2D eigenvalue weighted by molar-refractivity contribution is 7.81. The van der Waals surface area contributed by atoms with Crippen LogP contribution < -0.4 is 5.73 Å². The van der Waals surface area contributed by atoms with Crippen LogP contribution in [0, 0.1) is 10.1 Å². The van der Waals surface area contributed by atoms with E-state index in [-0.39, 0.29) is 0 Å². The lowest BCUT2D eigenvalue weighted by atomic mass is 10.1. The van der Waals surface area contributed by atoms with Crippen LogP contribution in [0.25, 0.3) is 0 Å². The van der Waals surface area contributed by atoms with Crippen molar-refractivity contribution in [3.63, 3.8) is 0 Å². The molecule has 8 heteroatoms. The van der Waals surface area contributed by atoms with Gasteiger partial charge in [0.2, 0.25) is 0 Å². The fourth-order valence-corrected chi connectivity index (χ4v) is 0.413. The zero-order valence-corrected chi connectivity index (χ0v) is 8.06. The van der Waals surface area contributed by atoms with Gasteiger partial charge in [0.25, 0.3) is 5.09 Å². The fourth-order valence-electron chi connectivity index (χ4n) is 0.302. The predicted octanol–water partition coefficient (Wildman–Crippen LogP) is -0.241. The van der Waals surface area contributed by atoms with Crippen LogP contribution in [0.1, 0.15) is 13.8 Å². The standard InChI is InChI=1S/C5H11NO2S.HNO3/c1-5(2,9)3(6)4(7)8;2-1(3)4/h3,9H,6H2,1-2H3,(H,7,8);(H,2,3,4)/t3-;/m1./s1. The number of aliphatic carboxylic acids is 1. The minimum absolute atomic E-state index is 0.647. The average molecular weight is 212 g/mol. The molecule has 13 heavy (non-hydrogen) atoms. The van der Waals surface area contributed by atoms with Crippen LogP contribution in [0.4, 0.5) is 0 Å². The molecule has 0 rings (SSSR count). The second kappa shape index (κ2) is 5.60. The normalized spacial score (nSPS) is 12.3. The summed E-state index contributed by atoms with van der Waals surface area (Å²) in [5, 5.41) is 22.0. The third kappa shape index (κ3) is 11.0. The summed E-state index contributed by atoms with van der Waals surface area (Å²) in [5.41, 5.74) is 5.22. The molecule has 0 radical (unpaired) electrons. The molecule has 0 aliphatic rings. The zero-order chi connectivity index (χ0) is 11.2. The number of carbonyl (C=O) groups is 1. The second-order valence-electron chi connectivity index (χ2n) is 2.71. The first kappa shape index (κ1) is 14.5. The largest absolute Gasteiger partial charge is 0.480 e. The van der Waals surface area contributed by atoms with E-state index in [0.29, 0.717) is 0 Å². The van der Waals surface area contributed by atoms with E-state index >= 15 is 0 Å². The Labute approximate surface area is 80.1 Å². The molecule has 0 saturated carbocycles. The lowest BCUT2D eigenvalue weighted by Gasteiger charge is -2.21. The molecule has 0 spiro atoms. The Hall–Kier alpha value is -1.02. The molecule has 0 fully saturated rings. The van der Waals surface area contributed by atoms with Crippen LogP contribution in [0.5, 0.6) is 0 Å². The first-order valence-electron chi connectivity index (χ1n) is 3.13. The van der Waals surface area contributed by atoms with Gasteiger partial charge in [-0.25, -0.2) is 0 Å². The van der Waals surface area contributed by atoms with Crippen molar-refractivity contribution in [1.29, 1.82) is 0 Å². The van der Waals surface area contributed by atoms with Gasteiger partial charge in [0, 0.05) is 4.75 Å². The summed E-state index contributed by atoms with van der Waals surface area (Å²) in [6, 6.07) is -0.902. The van der Waals surface area contributed by atoms with E-state index < -0.39 is 21.8 Å². The van der Waals surface area contributed by atoms with Gasteiger partial charge >= 0.3 is 5.97 Å². The maximum Gasteiger partial charge on any atom is 0.321 e. The summed E-state index contributed by atoms with van der Waals surface area (Å²) in [6.07, 6.45) is 0. The molecular weight excluding hydrogens is 200 g/mol. The third-order valence-corrected chi connectivity index (χ3v) is 1.31. The molecule has 0 heterocycles. The van der Waals surface area contributed by atoms with Gasteiger partial charge in [-0.2, -0.15) is 12.6 Å². The second-order valence-corrected chi connectivity index (χ2v) is 3.86. The Bertz CT molecular complexity index is 186. The van der Waals surface area contributed by atoms with Crippen LogP contribution in [-0.2, 0) is 4.79 Å². The molecular formula is C5H12N2O5S. The minimum Gasteiger partial charge on any atom is -0.480 e. The number of carboxylic acids is 1. The molecule has 0 aromatic heterocycles. The summed E-state index contributed by atoms with van der Waals surface area (Å²) >= 11 is 3.98. The lowest BCUT2D eigenvalue weighted by Crippen LogP contribution is -2.45. The maximum absolute atomic E-state index is 10.2. The van der Waals surface area contributed by atoms with E-state index in [1.54, 1.807) is 13.8 Å². The average Bonchev–Trinajstić information content (AvgIpc) is 1.82. The summed E-state index contributed by atoms with van der Waals surface area (Å²) in [4.78, 5) is 18.5. The van der Waals surface area contributed by atoms with E-state index in [1.807, 2.05) is 0 Å². The van der Waals surface area contributed by atoms with Crippen molar-refractivity contribution in [1.82, 2.24) is 0 Å². The number of rotatable bonds is 2. The molecule has 0 aromatic rings. The first-order valence-corrected chi connectivity index (χ1v) is 3.57. The number of hydrogen-bond acceptors (Lipinski definition) is 5. The molecule has 1 atom stereocenters. The van der Waals surface area contributed by atoms with Crippen molar-refractivity contribution in [2.45, 2.75) is 24.6 Å². The van der Waals surface area contributed by atoms with Gasteiger partial charge in [-0.1, -0.05) is 0 Å². The van der Waals surface area contributed by atoms with Crippen molar-refractivity contribution in [3.05, 3.63) is 10.1 Å². The number of nitrogens with zero attached hydrogens (tertiary/aromatic N) is 1. The van der Waals surface area contributed by atoms with E-state index in [9.17, 15) is 4.79 Å². The highest BCUT2D eigenvalue weighted by atomic mass is 32.1. The fraction of sp³-hybridized carbons (Fsp3) is 0.800. The van der Waals surface area contributed by atoms with E-state index in [0.717, 1.165) is 0 Å². The van der Waals surface area contributed by atoms with Gasteiger partial charge in [-0.05, 0) is 13.8 Å². The van der Waals surface area contributed by atoms with E-state index in [4.69, 9.17) is 26.2 Å². The van der Waals surface area contributed by atoms with Crippen molar-refractivity contribution in [3.8, 4) is 0 Å².